The van der Waals surface area contributed by atoms with Crippen LogP contribution in [0.5, 0.6) is 0 Å². The van der Waals surface area contributed by atoms with Crippen LogP contribution in [0.25, 0.3) is 10.8 Å². The average Bonchev–Trinajstić information content (AvgIpc) is 2.80. The van der Waals surface area contributed by atoms with Gasteiger partial charge in [-0.1, -0.05) is 82.7 Å². The lowest BCUT2D eigenvalue weighted by Crippen LogP contribution is -2.45. The summed E-state index contributed by atoms with van der Waals surface area (Å²) in [4.78, 5) is 13.4. The minimum absolute atomic E-state index is 0.0942. The monoisotopic (exact) mass is 508 g/mol. The van der Waals surface area contributed by atoms with Gasteiger partial charge >= 0.3 is 0 Å². The normalized spacial score (nSPS) is 12.4. The van der Waals surface area contributed by atoms with Gasteiger partial charge in [0, 0.05) is 15.5 Å². The van der Waals surface area contributed by atoms with Crippen molar-refractivity contribution in [1.29, 1.82) is 0 Å². The van der Waals surface area contributed by atoms with Crippen molar-refractivity contribution in [3.8, 4) is 0 Å². The Hall–Kier alpha value is -3.00. The molecule has 4 aromatic carbocycles. The number of nitrogens with one attached hydrogen (secondary N) is 2. The van der Waals surface area contributed by atoms with Crippen molar-refractivity contribution in [3.63, 3.8) is 0 Å². The summed E-state index contributed by atoms with van der Waals surface area (Å²) in [6.45, 7) is 0. The number of fused-ring (bicyclic) bond motifs is 1. The van der Waals surface area contributed by atoms with Gasteiger partial charge in [0.05, 0.1) is 4.90 Å². The molecule has 0 aliphatic carbocycles. The molecule has 0 bridgehead atoms. The molecule has 1 atom stereocenters. The third-order valence-corrected chi connectivity index (χ3v) is 7.08. The van der Waals surface area contributed by atoms with Gasteiger partial charge in [0.15, 0.2) is 0 Å². The zero-order valence-corrected chi connectivity index (χ0v) is 19.4. The number of carbonyl (C=O) groups is 1. The highest BCUT2D eigenvalue weighted by Gasteiger charge is 2.26. The Morgan fingerprint density at radius 2 is 1.47 bits per heavy atom. The Bertz CT molecular complexity index is 1340. The van der Waals surface area contributed by atoms with E-state index in [-0.39, 0.29) is 11.3 Å². The fourth-order valence-electron chi connectivity index (χ4n) is 3.46. The van der Waals surface area contributed by atoms with Crippen LogP contribution in [-0.2, 0) is 21.2 Å². The highest BCUT2D eigenvalue weighted by atomic mass is 79.9. The Kier molecular flexibility index (Phi) is 6.69. The molecule has 4 aromatic rings. The van der Waals surface area contributed by atoms with Crippen LogP contribution >= 0.6 is 15.9 Å². The maximum atomic E-state index is 13.3. The number of halogens is 1. The minimum atomic E-state index is -3.91. The van der Waals surface area contributed by atoms with Gasteiger partial charge in [-0.15, -0.1) is 0 Å². The van der Waals surface area contributed by atoms with Crippen molar-refractivity contribution < 1.29 is 13.2 Å². The third-order valence-electron chi connectivity index (χ3n) is 5.07. The first-order valence-electron chi connectivity index (χ1n) is 10.0. The minimum Gasteiger partial charge on any atom is -0.324 e. The molecule has 1 unspecified atom stereocenters. The molecule has 0 aliphatic rings. The number of carbonyl (C=O) groups excluding carboxylic acids is 1. The lowest BCUT2D eigenvalue weighted by molar-refractivity contribution is -0.117. The first-order valence-corrected chi connectivity index (χ1v) is 12.3. The summed E-state index contributed by atoms with van der Waals surface area (Å²) >= 11 is 3.31. The Balaban J connectivity index is 1.64. The summed E-state index contributed by atoms with van der Waals surface area (Å²) < 4.78 is 29.4. The summed E-state index contributed by atoms with van der Waals surface area (Å²) in [6, 6.07) is 28.0. The van der Waals surface area contributed by atoms with Crippen LogP contribution in [0.3, 0.4) is 0 Å². The van der Waals surface area contributed by atoms with Crippen molar-refractivity contribution in [2.45, 2.75) is 17.4 Å². The smallest absolute Gasteiger partial charge is 0.242 e. The second kappa shape index (κ2) is 9.65. The van der Waals surface area contributed by atoms with Crippen molar-refractivity contribution >= 4 is 48.3 Å². The summed E-state index contributed by atoms with van der Waals surface area (Å²) in [5.41, 5.74) is 1.48. The van der Waals surface area contributed by atoms with E-state index in [4.69, 9.17) is 0 Å². The molecule has 5 nitrogen and oxygen atoms in total. The molecule has 1 amide bonds. The molecular weight excluding hydrogens is 488 g/mol. The Morgan fingerprint density at radius 3 is 2.22 bits per heavy atom. The van der Waals surface area contributed by atoms with E-state index >= 15 is 0 Å². The van der Waals surface area contributed by atoms with Gasteiger partial charge < -0.3 is 5.32 Å². The molecule has 0 aliphatic heterocycles. The molecule has 7 heteroatoms. The molecule has 0 aromatic heterocycles. The van der Waals surface area contributed by atoms with E-state index in [1.807, 2.05) is 72.8 Å². The van der Waals surface area contributed by atoms with Gasteiger partial charge in [0.2, 0.25) is 15.9 Å². The van der Waals surface area contributed by atoms with Crippen molar-refractivity contribution in [3.05, 3.63) is 107 Å². The maximum Gasteiger partial charge on any atom is 0.242 e. The van der Waals surface area contributed by atoms with Crippen molar-refractivity contribution in [1.82, 2.24) is 4.72 Å². The second-order valence-electron chi connectivity index (χ2n) is 7.33. The second-order valence-corrected chi connectivity index (χ2v) is 9.96. The molecule has 32 heavy (non-hydrogen) atoms. The number of hydrogen-bond donors (Lipinski definition) is 2. The van der Waals surface area contributed by atoms with E-state index in [0.29, 0.717) is 5.69 Å². The van der Waals surface area contributed by atoms with Crippen LogP contribution in [-0.4, -0.2) is 20.4 Å². The standard InChI is InChI=1S/C25H21BrN2O3S/c26-20-13-15-21(16-14-20)32(30,31)28-24(17-18-7-2-1-3-8-18)25(29)27-23-12-6-10-19-9-4-5-11-22(19)23/h1-16,24,28H,17H2,(H,27,29). The van der Waals surface area contributed by atoms with E-state index in [0.717, 1.165) is 20.8 Å². The van der Waals surface area contributed by atoms with Crippen LogP contribution in [0.4, 0.5) is 5.69 Å². The lowest BCUT2D eigenvalue weighted by Gasteiger charge is -2.19. The number of sulfonamides is 1. The van der Waals surface area contributed by atoms with E-state index < -0.39 is 22.0 Å². The molecule has 0 saturated carbocycles. The fraction of sp³-hybridized carbons (Fsp3) is 0.0800. The topological polar surface area (TPSA) is 75.3 Å². The van der Waals surface area contributed by atoms with Crippen LogP contribution < -0.4 is 10.0 Å². The zero-order chi connectivity index (χ0) is 22.6. The summed E-state index contributed by atoms with van der Waals surface area (Å²) in [5.74, 6) is -0.425. The van der Waals surface area contributed by atoms with E-state index in [1.165, 1.54) is 12.1 Å². The van der Waals surface area contributed by atoms with Gasteiger partial charge in [-0.05, 0) is 47.7 Å². The molecule has 0 saturated heterocycles. The number of amides is 1. The molecule has 0 spiro atoms. The molecule has 4 rings (SSSR count). The molecule has 162 valence electrons. The predicted molar refractivity (Wildman–Crippen MR) is 131 cm³/mol. The van der Waals surface area contributed by atoms with Gasteiger partial charge in [0.1, 0.15) is 6.04 Å². The van der Waals surface area contributed by atoms with Gasteiger partial charge in [-0.2, -0.15) is 4.72 Å². The van der Waals surface area contributed by atoms with Gasteiger partial charge in [-0.3, -0.25) is 4.79 Å². The highest BCUT2D eigenvalue weighted by Crippen LogP contribution is 2.23. The quantitative estimate of drug-likeness (QED) is 0.363. The number of benzene rings is 4. The first kappa shape index (κ1) is 22.2. The van der Waals surface area contributed by atoms with Gasteiger partial charge in [-0.25, -0.2) is 8.42 Å². The zero-order valence-electron chi connectivity index (χ0n) is 17.0. The summed E-state index contributed by atoms with van der Waals surface area (Å²) in [7, 11) is -3.91. The molecular formula is C25H21BrN2O3S. The third kappa shape index (κ3) is 5.24. The fourth-order valence-corrected chi connectivity index (χ4v) is 4.92. The van der Waals surface area contributed by atoms with E-state index in [2.05, 4.69) is 26.0 Å². The summed E-state index contributed by atoms with van der Waals surface area (Å²) in [6.07, 6.45) is 0.215. The van der Waals surface area contributed by atoms with Crippen molar-refractivity contribution in [2.24, 2.45) is 0 Å². The number of rotatable bonds is 7. The van der Waals surface area contributed by atoms with Crippen molar-refractivity contribution in [2.75, 3.05) is 5.32 Å². The van der Waals surface area contributed by atoms with E-state index in [1.54, 1.807) is 12.1 Å². The summed E-state index contributed by atoms with van der Waals surface area (Å²) in [5, 5.41) is 4.79. The maximum absolute atomic E-state index is 13.3. The largest absolute Gasteiger partial charge is 0.324 e. The molecule has 0 heterocycles. The number of hydrogen-bond acceptors (Lipinski definition) is 3. The van der Waals surface area contributed by atoms with Gasteiger partial charge in [0.25, 0.3) is 0 Å². The molecule has 2 N–H and O–H groups in total. The van der Waals surface area contributed by atoms with Crippen LogP contribution in [0.15, 0.2) is 106 Å². The Labute approximate surface area is 195 Å². The van der Waals surface area contributed by atoms with Crippen LogP contribution in [0, 0.1) is 0 Å². The van der Waals surface area contributed by atoms with Crippen LogP contribution in [0.2, 0.25) is 0 Å². The van der Waals surface area contributed by atoms with Crippen LogP contribution in [0.1, 0.15) is 5.56 Å². The predicted octanol–water partition coefficient (Wildman–Crippen LogP) is 5.13. The SMILES string of the molecule is O=C(Nc1cccc2ccccc12)C(Cc1ccccc1)NS(=O)(=O)c1ccc(Br)cc1. The highest BCUT2D eigenvalue weighted by molar-refractivity contribution is 9.10. The Morgan fingerprint density at radius 1 is 0.812 bits per heavy atom. The molecule has 0 fully saturated rings. The number of anilines is 1. The first-order chi connectivity index (χ1) is 15.4. The molecule has 0 radical (unpaired) electrons. The lowest BCUT2D eigenvalue weighted by atomic mass is 10.1. The average molecular weight is 509 g/mol. The van der Waals surface area contributed by atoms with E-state index in [9.17, 15) is 13.2 Å².